The van der Waals surface area contributed by atoms with E-state index >= 15 is 0 Å². The lowest BCUT2D eigenvalue weighted by Crippen LogP contribution is -2.38. The summed E-state index contributed by atoms with van der Waals surface area (Å²) < 4.78 is 10.5. The molecule has 0 spiro atoms. The van der Waals surface area contributed by atoms with Crippen molar-refractivity contribution >= 4 is 29.2 Å². The summed E-state index contributed by atoms with van der Waals surface area (Å²) in [6, 6.07) is 14.8. The normalized spacial score (nSPS) is 15.7. The molecule has 0 saturated carbocycles. The van der Waals surface area contributed by atoms with Crippen LogP contribution in [0.3, 0.4) is 0 Å². The first kappa shape index (κ1) is 19.9. The predicted octanol–water partition coefficient (Wildman–Crippen LogP) is 2.71. The zero-order valence-electron chi connectivity index (χ0n) is 16.7. The van der Waals surface area contributed by atoms with Gasteiger partial charge in [-0.15, -0.1) is 0 Å². The Morgan fingerprint density at radius 3 is 2.43 bits per heavy atom. The molecule has 2 aliphatic heterocycles. The van der Waals surface area contributed by atoms with Crippen LogP contribution in [0.2, 0.25) is 0 Å². The smallest absolute Gasteiger partial charge is 0.344 e. The van der Waals surface area contributed by atoms with Crippen molar-refractivity contribution in [2.75, 3.05) is 36.1 Å². The largest absolute Gasteiger partial charge is 0.482 e. The summed E-state index contributed by atoms with van der Waals surface area (Å²) in [4.78, 5) is 39.7. The second-order valence-electron chi connectivity index (χ2n) is 7.37. The number of hydrogen-bond donors (Lipinski definition) is 0. The van der Waals surface area contributed by atoms with Gasteiger partial charge in [-0.3, -0.25) is 9.59 Å². The van der Waals surface area contributed by atoms with Crippen molar-refractivity contribution in [1.82, 2.24) is 0 Å². The van der Waals surface area contributed by atoms with Crippen LogP contribution in [-0.4, -0.2) is 44.1 Å². The van der Waals surface area contributed by atoms with Gasteiger partial charge in [0.25, 0.3) is 5.91 Å². The van der Waals surface area contributed by atoms with Crippen LogP contribution in [0.25, 0.3) is 0 Å². The lowest BCUT2D eigenvalue weighted by atomic mass is 10.0. The molecule has 0 unspecified atom stereocenters. The van der Waals surface area contributed by atoms with Crippen LogP contribution in [0.5, 0.6) is 5.75 Å². The summed E-state index contributed by atoms with van der Waals surface area (Å²) in [6.07, 6.45) is 3.27. The molecule has 0 N–H and O–H groups in total. The van der Waals surface area contributed by atoms with Crippen LogP contribution in [0.15, 0.2) is 48.5 Å². The molecular weight excluding hydrogens is 384 g/mol. The molecule has 0 atom stereocenters. The van der Waals surface area contributed by atoms with Crippen molar-refractivity contribution in [3.8, 4) is 5.75 Å². The molecule has 2 aromatic rings. The second kappa shape index (κ2) is 8.98. The maximum Gasteiger partial charge on any atom is 0.344 e. The van der Waals surface area contributed by atoms with Gasteiger partial charge < -0.3 is 19.3 Å². The highest BCUT2D eigenvalue weighted by atomic mass is 16.6. The van der Waals surface area contributed by atoms with Gasteiger partial charge in [-0.1, -0.05) is 18.2 Å². The lowest BCUT2D eigenvalue weighted by molar-refractivity contribution is -0.149. The van der Waals surface area contributed by atoms with E-state index in [-0.39, 0.29) is 25.0 Å². The van der Waals surface area contributed by atoms with Gasteiger partial charge in [0.15, 0.2) is 13.2 Å². The monoisotopic (exact) mass is 408 g/mol. The molecule has 2 amide bonds. The fourth-order valence-electron chi connectivity index (χ4n) is 3.84. The fraction of sp³-hybridized carbons (Fsp3) is 0.348. The summed E-state index contributed by atoms with van der Waals surface area (Å²) >= 11 is 0. The van der Waals surface area contributed by atoms with Crippen molar-refractivity contribution in [3.63, 3.8) is 0 Å². The van der Waals surface area contributed by atoms with E-state index in [0.29, 0.717) is 18.7 Å². The highest BCUT2D eigenvalue weighted by Crippen LogP contribution is 2.27. The van der Waals surface area contributed by atoms with Crippen LogP contribution in [0.1, 0.15) is 24.8 Å². The number of ether oxygens (including phenoxy) is 2. The lowest BCUT2D eigenvalue weighted by Gasteiger charge is -2.29. The number of carbonyl (C=O) groups excluding carboxylic acids is 3. The Kier molecular flexibility index (Phi) is 5.97. The van der Waals surface area contributed by atoms with E-state index in [1.54, 1.807) is 34.1 Å². The molecule has 4 rings (SSSR count). The number of nitrogens with zero attached hydrogens (tertiary/aromatic N) is 2. The third-order valence-electron chi connectivity index (χ3n) is 5.35. The van der Waals surface area contributed by atoms with Gasteiger partial charge in [-0.05, 0) is 55.2 Å². The molecule has 2 heterocycles. The van der Waals surface area contributed by atoms with Gasteiger partial charge in [0.2, 0.25) is 5.91 Å². The van der Waals surface area contributed by atoms with Crippen molar-refractivity contribution in [1.29, 1.82) is 0 Å². The van der Waals surface area contributed by atoms with E-state index in [1.165, 1.54) is 0 Å². The van der Waals surface area contributed by atoms with E-state index in [0.717, 1.165) is 42.7 Å². The number of esters is 1. The number of anilines is 2. The fourth-order valence-corrected chi connectivity index (χ4v) is 3.84. The number of fused-ring (bicyclic) bond motifs is 1. The van der Waals surface area contributed by atoms with Crippen LogP contribution >= 0.6 is 0 Å². The molecule has 1 saturated heterocycles. The Bertz CT molecular complexity index is 941. The van der Waals surface area contributed by atoms with E-state index in [4.69, 9.17) is 9.47 Å². The van der Waals surface area contributed by atoms with E-state index in [2.05, 4.69) is 0 Å². The second-order valence-corrected chi connectivity index (χ2v) is 7.37. The summed E-state index contributed by atoms with van der Waals surface area (Å²) in [5, 5.41) is 0. The molecule has 7 nitrogen and oxygen atoms in total. The number of amides is 2. The number of carbonyl (C=O) groups is 3. The Morgan fingerprint density at radius 1 is 0.900 bits per heavy atom. The molecule has 0 aliphatic carbocycles. The van der Waals surface area contributed by atoms with E-state index < -0.39 is 5.97 Å². The third-order valence-corrected chi connectivity index (χ3v) is 5.35. The minimum atomic E-state index is -0.604. The van der Waals surface area contributed by atoms with Crippen molar-refractivity contribution in [3.05, 3.63) is 54.1 Å². The van der Waals surface area contributed by atoms with Crippen molar-refractivity contribution in [2.45, 2.75) is 25.7 Å². The molecule has 156 valence electrons. The minimum absolute atomic E-state index is 0.119. The van der Waals surface area contributed by atoms with Crippen LogP contribution < -0.4 is 14.5 Å². The van der Waals surface area contributed by atoms with Gasteiger partial charge in [0.1, 0.15) is 5.75 Å². The predicted molar refractivity (Wildman–Crippen MR) is 112 cm³/mol. The van der Waals surface area contributed by atoms with Crippen molar-refractivity contribution < 1.29 is 23.9 Å². The minimum Gasteiger partial charge on any atom is -0.482 e. The summed E-state index contributed by atoms with van der Waals surface area (Å²) in [5.41, 5.74) is 2.84. The molecule has 0 aromatic heterocycles. The number of para-hydroxylation sites is 1. The summed E-state index contributed by atoms with van der Waals surface area (Å²) in [7, 11) is 0. The molecule has 0 bridgehead atoms. The highest BCUT2D eigenvalue weighted by Gasteiger charge is 2.23. The highest BCUT2D eigenvalue weighted by molar-refractivity contribution is 5.96. The van der Waals surface area contributed by atoms with E-state index in [1.807, 2.05) is 24.3 Å². The topological polar surface area (TPSA) is 76.1 Å². The first-order valence-corrected chi connectivity index (χ1v) is 10.2. The number of benzene rings is 2. The number of hydrogen-bond acceptors (Lipinski definition) is 5. The first-order valence-electron chi connectivity index (χ1n) is 10.2. The molecule has 0 radical (unpaired) electrons. The van der Waals surface area contributed by atoms with Gasteiger partial charge in [-0.2, -0.15) is 0 Å². The molecule has 2 aromatic carbocycles. The quantitative estimate of drug-likeness (QED) is 0.687. The van der Waals surface area contributed by atoms with Gasteiger partial charge in [0.05, 0.1) is 0 Å². The SMILES string of the molecule is O=C(COc1ccc(N2CCCC2=O)cc1)OCC(=O)N1CCCc2ccccc21. The summed E-state index contributed by atoms with van der Waals surface area (Å²) in [6.45, 7) is 0.745. The maximum absolute atomic E-state index is 12.5. The van der Waals surface area contributed by atoms with Crippen LogP contribution in [0.4, 0.5) is 11.4 Å². The van der Waals surface area contributed by atoms with Gasteiger partial charge in [-0.25, -0.2) is 4.79 Å². The molecule has 30 heavy (non-hydrogen) atoms. The third kappa shape index (κ3) is 4.45. The maximum atomic E-state index is 12.5. The van der Waals surface area contributed by atoms with Crippen LogP contribution in [-0.2, 0) is 25.5 Å². The molecule has 1 fully saturated rings. The van der Waals surface area contributed by atoms with Gasteiger partial charge in [0, 0.05) is 30.9 Å². The Labute approximate surface area is 175 Å². The van der Waals surface area contributed by atoms with Gasteiger partial charge >= 0.3 is 5.97 Å². The first-order chi connectivity index (χ1) is 14.6. The zero-order chi connectivity index (χ0) is 20.9. The molecule has 2 aliphatic rings. The Balaban J connectivity index is 1.24. The number of aryl methyl sites for hydroxylation is 1. The average Bonchev–Trinajstić information content (AvgIpc) is 3.21. The molecular formula is C23H24N2O5. The average molecular weight is 408 g/mol. The van der Waals surface area contributed by atoms with Crippen molar-refractivity contribution in [2.24, 2.45) is 0 Å². The summed E-state index contributed by atoms with van der Waals surface area (Å²) in [5.74, 6) is -0.227. The molecule has 7 heteroatoms. The standard InChI is InChI=1S/C23H24N2O5/c26-21-8-4-13-24(21)18-9-11-19(12-10-18)29-16-23(28)30-15-22(27)25-14-3-6-17-5-1-2-7-20(17)25/h1-2,5,7,9-12H,3-4,6,8,13-16H2. The van der Waals surface area contributed by atoms with Crippen LogP contribution in [0, 0.1) is 0 Å². The number of rotatable bonds is 6. The Hall–Kier alpha value is -3.35. The van der Waals surface area contributed by atoms with E-state index in [9.17, 15) is 14.4 Å². The zero-order valence-corrected chi connectivity index (χ0v) is 16.7. The Morgan fingerprint density at radius 2 is 1.67 bits per heavy atom.